The molecule has 108 valence electrons. The zero-order valence-corrected chi connectivity index (χ0v) is 12.0. The molecule has 0 radical (unpaired) electrons. The van der Waals surface area contributed by atoms with E-state index in [-0.39, 0.29) is 12.7 Å². The number of anilines is 1. The van der Waals surface area contributed by atoms with Crippen LogP contribution in [-0.2, 0) is 0 Å². The number of benzene rings is 1. The highest BCUT2D eigenvalue weighted by molar-refractivity contribution is 7.99. The number of carbonyl (C=O) groups excluding carboxylic acids is 1. The lowest BCUT2D eigenvalue weighted by molar-refractivity contribution is 0.0947. The van der Waals surface area contributed by atoms with Gasteiger partial charge in [-0.25, -0.2) is 0 Å². The fourth-order valence-corrected chi connectivity index (χ4v) is 3.64. The number of rotatable bonds is 3. The van der Waals surface area contributed by atoms with Gasteiger partial charge in [0.2, 0.25) is 6.79 Å². The largest absolute Gasteiger partial charge is 0.454 e. The van der Waals surface area contributed by atoms with Gasteiger partial charge >= 0.3 is 0 Å². The molecule has 0 unspecified atom stereocenters. The third-order valence-corrected chi connectivity index (χ3v) is 4.73. The van der Waals surface area contributed by atoms with Gasteiger partial charge in [0, 0.05) is 18.3 Å². The van der Waals surface area contributed by atoms with Crippen molar-refractivity contribution in [2.24, 2.45) is 5.92 Å². The van der Waals surface area contributed by atoms with Crippen LogP contribution in [0.5, 0.6) is 11.5 Å². The summed E-state index contributed by atoms with van der Waals surface area (Å²) in [4.78, 5) is 12.2. The van der Waals surface area contributed by atoms with Crippen LogP contribution in [-0.4, -0.2) is 30.8 Å². The average molecular weight is 294 g/mol. The standard InChI is InChI=1S/C14H18N2O3S/c15-11-6-13-12(18-8-19-13)5-10(11)14(17)16-7-9-1-3-20-4-2-9/h5-6,9H,1-4,7-8,15H2,(H,16,17). The van der Waals surface area contributed by atoms with Crippen LogP contribution in [0.15, 0.2) is 12.1 Å². The molecule has 0 spiro atoms. The Kier molecular flexibility index (Phi) is 3.91. The molecule has 1 amide bonds. The molecule has 3 rings (SSSR count). The van der Waals surface area contributed by atoms with Crippen molar-refractivity contribution in [2.75, 3.05) is 30.6 Å². The molecule has 2 aliphatic rings. The molecule has 2 heterocycles. The van der Waals surface area contributed by atoms with E-state index < -0.39 is 0 Å². The van der Waals surface area contributed by atoms with Gasteiger partial charge in [0.25, 0.3) is 5.91 Å². The maximum Gasteiger partial charge on any atom is 0.253 e. The van der Waals surface area contributed by atoms with Gasteiger partial charge in [0.15, 0.2) is 11.5 Å². The van der Waals surface area contributed by atoms with Gasteiger partial charge in [-0.2, -0.15) is 11.8 Å². The van der Waals surface area contributed by atoms with Crippen molar-refractivity contribution in [3.63, 3.8) is 0 Å². The SMILES string of the molecule is Nc1cc2c(cc1C(=O)NCC1CCSCC1)OCO2. The van der Waals surface area contributed by atoms with E-state index in [1.165, 1.54) is 24.3 Å². The molecule has 0 bridgehead atoms. The first-order valence-corrected chi connectivity index (χ1v) is 7.94. The monoisotopic (exact) mass is 294 g/mol. The zero-order valence-electron chi connectivity index (χ0n) is 11.2. The summed E-state index contributed by atoms with van der Waals surface area (Å²) in [7, 11) is 0. The van der Waals surface area contributed by atoms with Crippen LogP contribution < -0.4 is 20.5 Å². The minimum absolute atomic E-state index is 0.140. The van der Waals surface area contributed by atoms with Gasteiger partial charge in [0.1, 0.15) is 0 Å². The number of fused-ring (bicyclic) bond motifs is 1. The number of thioether (sulfide) groups is 1. The Labute approximate surface area is 122 Å². The second-order valence-electron chi connectivity index (χ2n) is 5.06. The van der Waals surface area contributed by atoms with Crippen molar-refractivity contribution < 1.29 is 14.3 Å². The third kappa shape index (κ3) is 2.80. The van der Waals surface area contributed by atoms with E-state index in [0.29, 0.717) is 35.2 Å². The minimum atomic E-state index is -0.140. The molecule has 1 aromatic carbocycles. The average Bonchev–Trinajstić information content (AvgIpc) is 2.92. The Balaban J connectivity index is 1.64. The fourth-order valence-electron chi connectivity index (χ4n) is 2.44. The van der Waals surface area contributed by atoms with Crippen LogP contribution in [0.25, 0.3) is 0 Å². The van der Waals surface area contributed by atoms with Gasteiger partial charge in [-0.05, 0) is 36.3 Å². The molecular weight excluding hydrogens is 276 g/mol. The minimum Gasteiger partial charge on any atom is -0.454 e. The summed E-state index contributed by atoms with van der Waals surface area (Å²) in [5, 5.41) is 2.98. The number of carbonyl (C=O) groups is 1. The summed E-state index contributed by atoms with van der Waals surface area (Å²) < 4.78 is 10.5. The maximum atomic E-state index is 12.2. The molecule has 0 aromatic heterocycles. The van der Waals surface area contributed by atoms with Crippen LogP contribution in [0, 0.1) is 5.92 Å². The second kappa shape index (κ2) is 5.83. The van der Waals surface area contributed by atoms with Crippen molar-refractivity contribution in [3.8, 4) is 11.5 Å². The predicted octanol–water partition coefficient (Wildman–Crippen LogP) is 1.87. The predicted molar refractivity (Wildman–Crippen MR) is 79.4 cm³/mol. The highest BCUT2D eigenvalue weighted by Gasteiger charge is 2.20. The van der Waals surface area contributed by atoms with Crippen LogP contribution >= 0.6 is 11.8 Å². The number of amides is 1. The van der Waals surface area contributed by atoms with E-state index in [4.69, 9.17) is 15.2 Å². The van der Waals surface area contributed by atoms with Gasteiger partial charge in [0.05, 0.1) is 5.56 Å². The smallest absolute Gasteiger partial charge is 0.253 e. The number of nitrogens with two attached hydrogens (primary N) is 1. The van der Waals surface area contributed by atoms with Crippen molar-refractivity contribution in [1.29, 1.82) is 0 Å². The number of nitrogens with one attached hydrogen (secondary N) is 1. The molecule has 0 atom stereocenters. The molecule has 1 fully saturated rings. The van der Waals surface area contributed by atoms with E-state index in [1.807, 2.05) is 11.8 Å². The first-order valence-electron chi connectivity index (χ1n) is 6.79. The van der Waals surface area contributed by atoms with Gasteiger partial charge in [-0.1, -0.05) is 0 Å². The van der Waals surface area contributed by atoms with Crippen LogP contribution in [0.1, 0.15) is 23.2 Å². The normalized spacial score (nSPS) is 18.0. The molecule has 1 aromatic rings. The summed E-state index contributed by atoms with van der Waals surface area (Å²) in [5.74, 6) is 4.00. The summed E-state index contributed by atoms with van der Waals surface area (Å²) in [5.41, 5.74) is 6.78. The number of hydrogen-bond acceptors (Lipinski definition) is 5. The molecule has 1 saturated heterocycles. The maximum absolute atomic E-state index is 12.2. The molecule has 3 N–H and O–H groups in total. The van der Waals surface area contributed by atoms with E-state index in [2.05, 4.69) is 5.32 Å². The quantitative estimate of drug-likeness (QED) is 0.833. The Morgan fingerprint density at radius 3 is 2.75 bits per heavy atom. The molecule has 0 saturated carbocycles. The summed E-state index contributed by atoms with van der Waals surface area (Å²) >= 11 is 1.98. The summed E-state index contributed by atoms with van der Waals surface area (Å²) in [6, 6.07) is 3.30. The third-order valence-electron chi connectivity index (χ3n) is 3.68. The van der Waals surface area contributed by atoms with Gasteiger partial charge in [-0.15, -0.1) is 0 Å². The number of hydrogen-bond donors (Lipinski definition) is 2. The van der Waals surface area contributed by atoms with Crippen molar-refractivity contribution in [3.05, 3.63) is 17.7 Å². The van der Waals surface area contributed by atoms with Crippen molar-refractivity contribution >= 4 is 23.4 Å². The summed E-state index contributed by atoms with van der Waals surface area (Å²) in [6.45, 7) is 0.896. The highest BCUT2D eigenvalue weighted by atomic mass is 32.2. The van der Waals surface area contributed by atoms with E-state index in [9.17, 15) is 4.79 Å². The Bertz CT molecular complexity index is 515. The Hall–Kier alpha value is -1.56. The first kappa shape index (κ1) is 13.4. The van der Waals surface area contributed by atoms with Crippen LogP contribution in [0.4, 0.5) is 5.69 Å². The van der Waals surface area contributed by atoms with Crippen molar-refractivity contribution in [1.82, 2.24) is 5.32 Å². The van der Waals surface area contributed by atoms with Crippen LogP contribution in [0.2, 0.25) is 0 Å². The van der Waals surface area contributed by atoms with E-state index >= 15 is 0 Å². The molecule has 5 nitrogen and oxygen atoms in total. The molecular formula is C14H18N2O3S. The van der Waals surface area contributed by atoms with Crippen LogP contribution in [0.3, 0.4) is 0 Å². The zero-order chi connectivity index (χ0) is 13.9. The molecule has 0 aliphatic carbocycles. The van der Waals surface area contributed by atoms with E-state index in [0.717, 1.165) is 0 Å². The Morgan fingerprint density at radius 1 is 1.30 bits per heavy atom. The first-order chi connectivity index (χ1) is 9.74. The molecule has 2 aliphatic heterocycles. The lowest BCUT2D eigenvalue weighted by atomic mass is 10.0. The molecule has 20 heavy (non-hydrogen) atoms. The van der Waals surface area contributed by atoms with Crippen molar-refractivity contribution in [2.45, 2.75) is 12.8 Å². The number of nitrogen functional groups attached to an aromatic ring is 1. The second-order valence-corrected chi connectivity index (χ2v) is 6.28. The number of ether oxygens (including phenoxy) is 2. The Morgan fingerprint density at radius 2 is 2.00 bits per heavy atom. The summed E-state index contributed by atoms with van der Waals surface area (Å²) in [6.07, 6.45) is 2.34. The van der Waals surface area contributed by atoms with Gasteiger partial charge in [-0.3, -0.25) is 4.79 Å². The lowest BCUT2D eigenvalue weighted by Gasteiger charge is -2.21. The van der Waals surface area contributed by atoms with E-state index in [1.54, 1.807) is 12.1 Å². The fraction of sp³-hybridized carbons (Fsp3) is 0.500. The lowest BCUT2D eigenvalue weighted by Crippen LogP contribution is -2.31. The van der Waals surface area contributed by atoms with Gasteiger partial charge < -0.3 is 20.5 Å². The highest BCUT2D eigenvalue weighted by Crippen LogP contribution is 2.35. The molecule has 6 heteroatoms. The topological polar surface area (TPSA) is 73.6 Å².